The standard InChI is InChI=1S/C51H61N3O8S2/c1-49(2,3)62-48(55)52(8)47-37(25-29-43-50(4,5)45-39-19-11-9-17-35(39)23-27-41(45)53(43)31-13-15-33-63(56,57)58)21-22-38(47)26-30-44-51(6,7)46-40-20-12-10-18-36(40)24-28-42(46)54(44)32-14-16-34-64(59,60)61/h9-12,17-20,23-30H,13-16,21-22,31-34H2,1-8H3,(H-,56,57,58,59,60,61)/p+1. The number of likely N-dealkylation sites (N-methyl/N-ethyl adjacent to an activating group) is 1. The van der Waals surface area contributed by atoms with Crippen molar-refractivity contribution in [2.75, 3.05) is 36.5 Å². The zero-order valence-electron chi connectivity index (χ0n) is 38.3. The quantitative estimate of drug-likeness (QED) is 0.0717. The van der Waals surface area contributed by atoms with Crippen molar-refractivity contribution in [2.45, 2.75) is 103 Å². The van der Waals surface area contributed by atoms with Crippen molar-refractivity contribution in [3.05, 3.63) is 131 Å². The number of ether oxygens (including phenoxy) is 1. The molecule has 1 amide bonds. The van der Waals surface area contributed by atoms with E-state index in [0.717, 1.165) is 61.2 Å². The fraction of sp³-hybridized carbons (Fsp3) is 0.412. The van der Waals surface area contributed by atoms with Crippen LogP contribution in [0.4, 0.5) is 16.2 Å². The largest absolute Gasteiger partial charge is 0.443 e. The predicted octanol–water partition coefficient (Wildman–Crippen LogP) is 10.8. The Hall–Kier alpha value is -5.08. The Labute approximate surface area is 379 Å². The highest BCUT2D eigenvalue weighted by molar-refractivity contribution is 7.86. The van der Waals surface area contributed by atoms with Gasteiger partial charge in [0.2, 0.25) is 5.69 Å². The lowest BCUT2D eigenvalue weighted by atomic mass is 9.79. The third-order valence-electron chi connectivity index (χ3n) is 12.7. The maximum Gasteiger partial charge on any atom is 0.414 e. The Morgan fingerprint density at radius 3 is 1.98 bits per heavy atom. The molecule has 13 heteroatoms. The first-order valence-electron chi connectivity index (χ1n) is 22.1. The predicted molar refractivity (Wildman–Crippen MR) is 258 cm³/mol. The van der Waals surface area contributed by atoms with E-state index in [1.54, 1.807) is 11.9 Å². The number of rotatable bonds is 14. The van der Waals surface area contributed by atoms with Gasteiger partial charge < -0.3 is 9.64 Å². The second-order valence-electron chi connectivity index (χ2n) is 19.3. The molecule has 340 valence electrons. The number of hydrogen-bond acceptors (Lipinski definition) is 7. The Morgan fingerprint density at radius 2 is 1.36 bits per heavy atom. The molecule has 4 aromatic carbocycles. The van der Waals surface area contributed by atoms with E-state index in [9.17, 15) is 30.7 Å². The van der Waals surface area contributed by atoms with Crippen LogP contribution in [0.15, 0.2) is 120 Å². The third-order valence-corrected chi connectivity index (χ3v) is 14.3. The number of benzene rings is 4. The SMILES string of the molecule is CN(C(=O)OC(C)(C)C)C1=C(/C=C/C2=[N+](CCCCS(=O)(=O)O)c3ccc4ccccc4c3C2(C)C)CC/C1=C\C=C1\N(CCCCS(=O)(=O)O)c2ccc3ccccc3c2C1(C)C. The van der Waals surface area contributed by atoms with E-state index in [4.69, 9.17) is 4.74 Å². The van der Waals surface area contributed by atoms with Gasteiger partial charge in [-0.3, -0.25) is 14.0 Å². The zero-order chi connectivity index (χ0) is 46.4. The maximum absolute atomic E-state index is 13.9. The second-order valence-corrected chi connectivity index (χ2v) is 22.4. The normalized spacial score (nSPS) is 18.6. The van der Waals surface area contributed by atoms with Crippen LogP contribution in [0.5, 0.6) is 0 Å². The van der Waals surface area contributed by atoms with Crippen LogP contribution in [0, 0.1) is 0 Å². The van der Waals surface area contributed by atoms with Crippen molar-refractivity contribution in [1.82, 2.24) is 4.90 Å². The molecule has 0 saturated heterocycles. The maximum atomic E-state index is 13.9. The second kappa shape index (κ2) is 17.7. The van der Waals surface area contributed by atoms with Crippen LogP contribution in [0.25, 0.3) is 21.5 Å². The summed E-state index contributed by atoms with van der Waals surface area (Å²) in [5, 5.41) is 4.57. The van der Waals surface area contributed by atoms with Gasteiger partial charge in [0.15, 0.2) is 5.71 Å². The van der Waals surface area contributed by atoms with E-state index in [2.05, 4.69) is 110 Å². The number of carbonyl (C=O) groups is 1. The van der Waals surface area contributed by atoms with Crippen molar-refractivity contribution < 1.29 is 40.0 Å². The molecule has 64 heavy (non-hydrogen) atoms. The number of nitrogens with zero attached hydrogens (tertiary/aromatic N) is 3. The van der Waals surface area contributed by atoms with Gasteiger partial charge in [-0.1, -0.05) is 80.6 Å². The summed E-state index contributed by atoms with van der Waals surface area (Å²) in [4.78, 5) is 17.8. The molecule has 4 aromatic rings. The molecule has 0 saturated carbocycles. The molecule has 0 unspecified atom stereocenters. The minimum Gasteiger partial charge on any atom is -0.443 e. The third kappa shape index (κ3) is 9.78. The first-order chi connectivity index (χ1) is 30.0. The zero-order valence-corrected chi connectivity index (χ0v) is 39.9. The summed E-state index contributed by atoms with van der Waals surface area (Å²) in [6, 6.07) is 25.2. The van der Waals surface area contributed by atoms with Crippen LogP contribution >= 0.6 is 0 Å². The number of anilines is 1. The number of allylic oxidation sites excluding steroid dienone is 7. The van der Waals surface area contributed by atoms with Gasteiger partial charge in [-0.15, -0.1) is 0 Å². The Balaban J connectivity index is 1.33. The molecule has 0 bridgehead atoms. The van der Waals surface area contributed by atoms with E-state index in [1.807, 2.05) is 45.0 Å². The molecule has 0 spiro atoms. The summed E-state index contributed by atoms with van der Waals surface area (Å²) in [6.07, 6.45) is 11.1. The smallest absolute Gasteiger partial charge is 0.414 e. The van der Waals surface area contributed by atoms with Gasteiger partial charge in [0.05, 0.1) is 22.6 Å². The topological polar surface area (TPSA) is 145 Å². The van der Waals surface area contributed by atoms with Crippen LogP contribution < -0.4 is 4.90 Å². The summed E-state index contributed by atoms with van der Waals surface area (Å²) in [5.74, 6) is -0.603. The lowest BCUT2D eigenvalue weighted by molar-refractivity contribution is -0.438. The molecule has 0 aromatic heterocycles. The van der Waals surface area contributed by atoms with Gasteiger partial charge in [-0.05, 0) is 123 Å². The molecule has 7 rings (SSSR count). The molecule has 0 fully saturated rings. The van der Waals surface area contributed by atoms with E-state index in [0.29, 0.717) is 51.6 Å². The summed E-state index contributed by atoms with van der Waals surface area (Å²) < 4.78 is 73.6. The van der Waals surface area contributed by atoms with Crippen molar-refractivity contribution >= 4 is 65.0 Å². The fourth-order valence-electron chi connectivity index (χ4n) is 9.91. The van der Waals surface area contributed by atoms with E-state index in [1.165, 1.54) is 11.1 Å². The molecule has 2 heterocycles. The fourth-order valence-corrected chi connectivity index (χ4v) is 11.0. The Kier molecular flexibility index (Phi) is 13.0. The van der Waals surface area contributed by atoms with Crippen molar-refractivity contribution in [2.24, 2.45) is 0 Å². The molecule has 0 atom stereocenters. The minimum atomic E-state index is -4.09. The summed E-state index contributed by atoms with van der Waals surface area (Å²) in [7, 11) is -6.42. The average molecular weight is 909 g/mol. The van der Waals surface area contributed by atoms with Crippen LogP contribution in [0.3, 0.4) is 0 Å². The monoisotopic (exact) mass is 908 g/mol. The van der Waals surface area contributed by atoms with Crippen LogP contribution in [-0.2, 0) is 35.8 Å². The van der Waals surface area contributed by atoms with Gasteiger partial charge in [0, 0.05) is 54.5 Å². The molecular weight excluding hydrogens is 847 g/mol. The van der Waals surface area contributed by atoms with Crippen molar-refractivity contribution in [3.63, 3.8) is 0 Å². The van der Waals surface area contributed by atoms with E-state index < -0.39 is 42.8 Å². The number of unbranched alkanes of at least 4 members (excludes halogenated alkanes) is 2. The van der Waals surface area contributed by atoms with Gasteiger partial charge >= 0.3 is 6.09 Å². The number of carbonyl (C=O) groups excluding carboxylic acids is 1. The Bertz CT molecular complexity index is 2900. The lowest BCUT2D eigenvalue weighted by Crippen LogP contribution is -2.34. The molecule has 11 nitrogen and oxygen atoms in total. The van der Waals surface area contributed by atoms with Gasteiger partial charge in [0.25, 0.3) is 20.2 Å². The summed E-state index contributed by atoms with van der Waals surface area (Å²) >= 11 is 0. The molecular formula is C51H62N3O8S2+. The van der Waals surface area contributed by atoms with Gasteiger partial charge in [-0.25, -0.2) is 4.79 Å². The molecule has 0 radical (unpaired) electrons. The molecule has 2 N–H and O–H groups in total. The molecule has 2 aliphatic heterocycles. The van der Waals surface area contributed by atoms with Gasteiger partial charge in [0.1, 0.15) is 12.1 Å². The van der Waals surface area contributed by atoms with Crippen molar-refractivity contribution in [1.29, 1.82) is 0 Å². The number of amides is 1. The highest BCUT2D eigenvalue weighted by Crippen LogP contribution is 2.51. The van der Waals surface area contributed by atoms with Crippen molar-refractivity contribution in [3.8, 4) is 0 Å². The molecule has 1 aliphatic carbocycles. The first kappa shape index (κ1) is 46.9. The Morgan fingerprint density at radius 1 is 0.766 bits per heavy atom. The lowest BCUT2D eigenvalue weighted by Gasteiger charge is -2.28. The first-order valence-corrected chi connectivity index (χ1v) is 25.4. The van der Waals surface area contributed by atoms with Crippen LogP contribution in [0.1, 0.15) is 98.1 Å². The summed E-state index contributed by atoms with van der Waals surface area (Å²) in [6.45, 7) is 15.5. The van der Waals surface area contributed by atoms with Crippen LogP contribution in [0.2, 0.25) is 0 Å². The van der Waals surface area contributed by atoms with Gasteiger partial charge in [-0.2, -0.15) is 21.4 Å². The average Bonchev–Trinajstić information content (AvgIpc) is 3.78. The molecule has 3 aliphatic rings. The van der Waals surface area contributed by atoms with E-state index in [-0.39, 0.29) is 11.5 Å². The highest BCUT2D eigenvalue weighted by Gasteiger charge is 2.46. The highest BCUT2D eigenvalue weighted by atomic mass is 32.2. The summed E-state index contributed by atoms with van der Waals surface area (Å²) in [5.41, 5.74) is 7.68. The van der Waals surface area contributed by atoms with Crippen LogP contribution in [-0.4, -0.2) is 84.5 Å². The van der Waals surface area contributed by atoms with E-state index >= 15 is 0 Å². The number of hydrogen-bond donors (Lipinski definition) is 2. The number of fused-ring (bicyclic) bond motifs is 6. The minimum absolute atomic E-state index is 0.301.